The highest BCUT2D eigenvalue weighted by Crippen LogP contribution is 2.33. The summed E-state index contributed by atoms with van der Waals surface area (Å²) in [6.45, 7) is -0.0384. The monoisotopic (exact) mass is 344 g/mol. The van der Waals surface area contributed by atoms with E-state index < -0.39 is 17.2 Å². The van der Waals surface area contributed by atoms with Gasteiger partial charge >= 0.3 is 5.69 Å². The fourth-order valence-electron chi connectivity index (χ4n) is 2.51. The minimum Gasteiger partial charge on any atom is -0.482 e. The number of carbonyl (C=O) groups excluding carboxylic acids is 2. The molecule has 9 nitrogen and oxygen atoms in total. The lowest BCUT2D eigenvalue weighted by Gasteiger charge is -2.26. The lowest BCUT2D eigenvalue weighted by Crippen LogP contribution is -2.40. The van der Waals surface area contributed by atoms with Crippen molar-refractivity contribution in [1.29, 1.82) is 0 Å². The van der Waals surface area contributed by atoms with Crippen molar-refractivity contribution in [2.24, 2.45) is 14.1 Å². The van der Waals surface area contributed by atoms with Gasteiger partial charge in [-0.3, -0.25) is 19.0 Å². The molecule has 2 heterocycles. The molecular weight excluding hydrogens is 328 g/mol. The van der Waals surface area contributed by atoms with Gasteiger partial charge in [0, 0.05) is 33.0 Å². The van der Waals surface area contributed by atoms with Crippen LogP contribution in [0.3, 0.4) is 0 Å². The van der Waals surface area contributed by atoms with Gasteiger partial charge in [-0.1, -0.05) is 0 Å². The molecular formula is C16H16N4O5. The summed E-state index contributed by atoms with van der Waals surface area (Å²) < 4.78 is 7.34. The predicted molar refractivity (Wildman–Crippen MR) is 90.2 cm³/mol. The van der Waals surface area contributed by atoms with E-state index in [1.165, 1.54) is 25.2 Å². The third kappa shape index (κ3) is 2.80. The number of ether oxygens (including phenoxy) is 1. The summed E-state index contributed by atoms with van der Waals surface area (Å²) in [5, 5.41) is 2.60. The molecule has 0 saturated heterocycles. The van der Waals surface area contributed by atoms with Crippen molar-refractivity contribution in [2.45, 2.75) is 0 Å². The second-order valence-electron chi connectivity index (χ2n) is 5.68. The van der Waals surface area contributed by atoms with Crippen LogP contribution in [0.4, 0.5) is 11.4 Å². The van der Waals surface area contributed by atoms with Crippen LogP contribution in [0, 0.1) is 0 Å². The Hall–Kier alpha value is -3.36. The molecule has 0 spiro atoms. The third-order valence-corrected chi connectivity index (χ3v) is 3.99. The van der Waals surface area contributed by atoms with Crippen molar-refractivity contribution in [3.05, 3.63) is 50.8 Å². The minimum absolute atomic E-state index is 0.0384. The van der Waals surface area contributed by atoms with Gasteiger partial charge < -0.3 is 19.5 Å². The molecule has 9 heteroatoms. The first kappa shape index (κ1) is 16.5. The first-order valence-corrected chi connectivity index (χ1v) is 7.41. The van der Waals surface area contributed by atoms with E-state index in [1.54, 1.807) is 25.2 Å². The topological polar surface area (TPSA) is 103 Å². The molecule has 0 unspecified atom stereocenters. The van der Waals surface area contributed by atoms with E-state index in [9.17, 15) is 19.2 Å². The molecule has 0 radical (unpaired) electrons. The molecule has 0 bridgehead atoms. The molecule has 25 heavy (non-hydrogen) atoms. The number of hydrogen-bond donors (Lipinski definition) is 1. The number of amides is 2. The summed E-state index contributed by atoms with van der Waals surface area (Å²) in [4.78, 5) is 49.4. The van der Waals surface area contributed by atoms with Crippen molar-refractivity contribution >= 4 is 23.2 Å². The van der Waals surface area contributed by atoms with Gasteiger partial charge in [0.25, 0.3) is 17.4 Å². The Morgan fingerprint density at radius 3 is 2.60 bits per heavy atom. The molecule has 2 amide bonds. The van der Waals surface area contributed by atoms with E-state index in [0.717, 1.165) is 9.13 Å². The van der Waals surface area contributed by atoms with Crippen molar-refractivity contribution in [3.63, 3.8) is 0 Å². The number of aromatic nitrogens is 2. The van der Waals surface area contributed by atoms with Crippen LogP contribution >= 0.6 is 0 Å². The van der Waals surface area contributed by atoms with Crippen molar-refractivity contribution in [2.75, 3.05) is 23.9 Å². The van der Waals surface area contributed by atoms with Crippen LogP contribution in [0.2, 0.25) is 0 Å². The number of likely N-dealkylation sites (N-methyl/N-ethyl adjacent to an activating group) is 1. The Labute approximate surface area is 142 Å². The molecule has 1 aromatic carbocycles. The van der Waals surface area contributed by atoms with Crippen LogP contribution in [0.15, 0.2) is 34.0 Å². The van der Waals surface area contributed by atoms with Gasteiger partial charge in [0.1, 0.15) is 11.3 Å². The van der Waals surface area contributed by atoms with Crippen LogP contribution < -0.4 is 26.2 Å². The van der Waals surface area contributed by atoms with Crippen LogP contribution in [-0.2, 0) is 18.9 Å². The fraction of sp³-hybridized carbons (Fsp3) is 0.250. The van der Waals surface area contributed by atoms with Gasteiger partial charge in [-0.2, -0.15) is 0 Å². The predicted octanol–water partition coefficient (Wildman–Crippen LogP) is -0.308. The highest BCUT2D eigenvalue weighted by Gasteiger charge is 2.23. The summed E-state index contributed by atoms with van der Waals surface area (Å²) in [5.74, 6) is -0.331. The van der Waals surface area contributed by atoms with E-state index in [1.807, 2.05) is 0 Å². The van der Waals surface area contributed by atoms with E-state index in [2.05, 4.69) is 5.32 Å². The maximum Gasteiger partial charge on any atom is 0.330 e. The third-order valence-electron chi connectivity index (χ3n) is 3.99. The molecule has 1 aromatic heterocycles. The van der Waals surface area contributed by atoms with Gasteiger partial charge in [-0.25, -0.2) is 4.79 Å². The second-order valence-corrected chi connectivity index (χ2v) is 5.68. The Kier molecular flexibility index (Phi) is 3.91. The number of aryl methyl sites for hydroxylation is 1. The summed E-state index contributed by atoms with van der Waals surface area (Å²) in [7, 11) is 4.37. The number of hydrogen-bond acceptors (Lipinski definition) is 5. The first-order valence-electron chi connectivity index (χ1n) is 7.41. The van der Waals surface area contributed by atoms with E-state index in [0.29, 0.717) is 17.1 Å². The number of nitrogens with one attached hydrogen (secondary N) is 1. The number of rotatable bonds is 2. The molecule has 0 saturated carbocycles. The van der Waals surface area contributed by atoms with Crippen molar-refractivity contribution in [1.82, 2.24) is 9.13 Å². The number of fused-ring (bicyclic) bond motifs is 1. The van der Waals surface area contributed by atoms with E-state index in [-0.39, 0.29) is 18.1 Å². The molecule has 3 rings (SSSR count). The number of nitrogens with zero attached hydrogens (tertiary/aromatic N) is 3. The van der Waals surface area contributed by atoms with Crippen molar-refractivity contribution in [3.8, 4) is 5.75 Å². The maximum atomic E-state index is 12.4. The van der Waals surface area contributed by atoms with Crippen LogP contribution in [0.5, 0.6) is 5.75 Å². The second kappa shape index (κ2) is 5.93. The highest BCUT2D eigenvalue weighted by molar-refractivity contribution is 6.05. The van der Waals surface area contributed by atoms with E-state index >= 15 is 0 Å². The van der Waals surface area contributed by atoms with Gasteiger partial charge in [0.05, 0.1) is 5.69 Å². The lowest BCUT2D eigenvalue weighted by molar-refractivity contribution is -0.120. The molecule has 1 aliphatic rings. The summed E-state index contributed by atoms with van der Waals surface area (Å²) in [6, 6.07) is 4.82. The smallest absolute Gasteiger partial charge is 0.330 e. The fourth-order valence-corrected chi connectivity index (χ4v) is 2.51. The van der Waals surface area contributed by atoms with Gasteiger partial charge in [-0.05, 0) is 18.2 Å². The van der Waals surface area contributed by atoms with Crippen LogP contribution in [0.1, 0.15) is 10.4 Å². The quantitative estimate of drug-likeness (QED) is 0.805. The summed E-state index contributed by atoms with van der Waals surface area (Å²) in [5.41, 5.74) is -0.461. The van der Waals surface area contributed by atoms with Gasteiger partial charge in [0.15, 0.2) is 6.61 Å². The molecule has 1 aliphatic heterocycles. The zero-order valence-electron chi connectivity index (χ0n) is 13.9. The normalized spacial score (nSPS) is 13.2. The first-order chi connectivity index (χ1) is 11.8. The molecule has 0 fully saturated rings. The number of anilines is 2. The lowest BCUT2D eigenvalue weighted by atomic mass is 10.2. The van der Waals surface area contributed by atoms with Crippen LogP contribution in [0.25, 0.3) is 0 Å². The zero-order chi connectivity index (χ0) is 18.3. The zero-order valence-corrected chi connectivity index (χ0v) is 13.9. The molecule has 0 aliphatic carbocycles. The Bertz CT molecular complexity index is 1000. The molecule has 2 aromatic rings. The van der Waals surface area contributed by atoms with Gasteiger partial charge in [0.2, 0.25) is 0 Å². The molecule has 0 atom stereocenters. The van der Waals surface area contributed by atoms with Gasteiger partial charge in [-0.15, -0.1) is 0 Å². The summed E-state index contributed by atoms with van der Waals surface area (Å²) >= 11 is 0. The van der Waals surface area contributed by atoms with E-state index in [4.69, 9.17) is 4.74 Å². The molecule has 130 valence electrons. The maximum absolute atomic E-state index is 12.4. The largest absolute Gasteiger partial charge is 0.482 e. The highest BCUT2D eigenvalue weighted by atomic mass is 16.5. The average molecular weight is 344 g/mol. The Morgan fingerprint density at radius 1 is 1.16 bits per heavy atom. The Morgan fingerprint density at radius 2 is 1.88 bits per heavy atom. The molecule has 1 N–H and O–H groups in total. The number of benzene rings is 1. The minimum atomic E-state index is -0.686. The Balaban J connectivity index is 1.94. The van der Waals surface area contributed by atoms with Crippen molar-refractivity contribution < 1.29 is 14.3 Å². The summed E-state index contributed by atoms with van der Waals surface area (Å²) in [6.07, 6.45) is 1.19. The number of carbonyl (C=O) groups is 2. The SMILES string of the molecule is CN1C(=O)COc2ccc(NC(=O)c3cn(C)c(=O)n(C)c3=O)cc21. The van der Waals surface area contributed by atoms with Crippen LogP contribution in [-0.4, -0.2) is 34.6 Å². The average Bonchev–Trinajstić information content (AvgIpc) is 2.59. The standard InChI is InChI=1S/C16H16N4O5/c1-18-7-10(15(23)20(3)16(18)24)14(22)17-9-4-5-12-11(6-9)19(2)13(21)8-25-12/h4-7H,8H2,1-3H3,(H,17,22).